The van der Waals surface area contributed by atoms with E-state index in [1.54, 1.807) is 0 Å². The van der Waals surface area contributed by atoms with Gasteiger partial charge >= 0.3 is 0 Å². The van der Waals surface area contributed by atoms with Gasteiger partial charge in [-0.1, -0.05) is 6.07 Å². The Labute approximate surface area is 158 Å². The van der Waals surface area contributed by atoms with Crippen molar-refractivity contribution >= 4 is 12.2 Å². The van der Waals surface area contributed by atoms with Gasteiger partial charge in [0.05, 0.1) is 0 Å². The molecule has 4 heterocycles. The van der Waals surface area contributed by atoms with Crippen molar-refractivity contribution < 1.29 is 0 Å². The van der Waals surface area contributed by atoms with Gasteiger partial charge in [-0.05, 0) is 49.3 Å². The Hall–Kier alpha value is -2.31. The van der Waals surface area contributed by atoms with E-state index in [2.05, 4.69) is 50.4 Å². The number of nitrogens with one attached hydrogen (secondary N) is 1. The zero-order valence-electron chi connectivity index (χ0n) is 15.2. The highest BCUT2D eigenvalue weighted by molar-refractivity contribution is 7.71. The van der Waals surface area contributed by atoms with Gasteiger partial charge < -0.3 is 9.55 Å². The van der Waals surface area contributed by atoms with Crippen LogP contribution < -0.4 is 0 Å². The molecule has 26 heavy (non-hydrogen) atoms. The lowest BCUT2D eigenvalue weighted by molar-refractivity contribution is 0.242. The molecular weight excluding hydrogens is 342 g/mol. The molecular formula is C20H23N5S. The van der Waals surface area contributed by atoms with Gasteiger partial charge in [0, 0.05) is 73.8 Å². The first-order valence-electron chi connectivity index (χ1n) is 8.94. The van der Waals surface area contributed by atoms with Crippen molar-refractivity contribution in [2.75, 3.05) is 6.54 Å². The molecule has 3 aromatic heterocycles. The quantitative estimate of drug-likeness (QED) is 0.718. The molecule has 4 rings (SSSR count). The van der Waals surface area contributed by atoms with E-state index in [1.165, 1.54) is 33.8 Å². The Balaban J connectivity index is 1.51. The highest BCUT2D eigenvalue weighted by Crippen LogP contribution is 2.22. The third kappa shape index (κ3) is 3.48. The number of pyridine rings is 1. The van der Waals surface area contributed by atoms with Gasteiger partial charge in [-0.25, -0.2) is 4.98 Å². The average Bonchev–Trinajstić information content (AvgIpc) is 2.90. The van der Waals surface area contributed by atoms with Gasteiger partial charge in [-0.2, -0.15) is 0 Å². The maximum Gasteiger partial charge on any atom is 0.196 e. The second-order valence-corrected chi connectivity index (χ2v) is 7.38. The Morgan fingerprint density at radius 1 is 1.23 bits per heavy atom. The Morgan fingerprint density at radius 2 is 2.12 bits per heavy atom. The lowest BCUT2D eigenvalue weighted by Gasteiger charge is -2.28. The molecule has 0 amide bonds. The normalized spacial score (nSPS) is 14.4. The van der Waals surface area contributed by atoms with Gasteiger partial charge in [0.15, 0.2) is 4.77 Å². The van der Waals surface area contributed by atoms with Crippen LogP contribution in [0.3, 0.4) is 0 Å². The molecule has 0 aliphatic carbocycles. The van der Waals surface area contributed by atoms with Crippen molar-refractivity contribution in [1.29, 1.82) is 0 Å². The van der Waals surface area contributed by atoms with Crippen LogP contribution in [0.5, 0.6) is 0 Å². The van der Waals surface area contributed by atoms with Gasteiger partial charge in [0.25, 0.3) is 0 Å². The van der Waals surface area contributed by atoms with Crippen LogP contribution in [0, 0.1) is 18.6 Å². The molecule has 0 aromatic carbocycles. The number of hydrogen-bond donors (Lipinski definition) is 1. The number of fused-ring (bicyclic) bond motifs is 1. The fourth-order valence-corrected chi connectivity index (χ4v) is 3.91. The van der Waals surface area contributed by atoms with E-state index in [1.807, 2.05) is 24.7 Å². The summed E-state index contributed by atoms with van der Waals surface area (Å²) in [6, 6.07) is 6.44. The fourth-order valence-electron chi connectivity index (χ4n) is 3.73. The zero-order chi connectivity index (χ0) is 18.1. The largest absolute Gasteiger partial charge is 0.344 e. The van der Waals surface area contributed by atoms with E-state index >= 15 is 0 Å². The third-order valence-electron chi connectivity index (χ3n) is 5.19. The summed E-state index contributed by atoms with van der Waals surface area (Å²) >= 11 is 5.13. The number of H-pyrrole nitrogens is 1. The summed E-state index contributed by atoms with van der Waals surface area (Å²) in [4.78, 5) is 14.2. The minimum atomic E-state index is 0.580. The SMILES string of the molecule is Cc1cc(CN2CCc3[nH]c(=S)ncc3C2)c(C)n1Cc1cccnc1. The number of rotatable bonds is 4. The first kappa shape index (κ1) is 17.1. The summed E-state index contributed by atoms with van der Waals surface area (Å²) in [5.41, 5.74) is 7.75. The second kappa shape index (κ2) is 7.13. The second-order valence-electron chi connectivity index (χ2n) is 7.00. The average molecular weight is 366 g/mol. The third-order valence-corrected chi connectivity index (χ3v) is 5.40. The fraction of sp³-hybridized carbons (Fsp3) is 0.350. The van der Waals surface area contributed by atoms with E-state index in [-0.39, 0.29) is 0 Å². The van der Waals surface area contributed by atoms with Crippen LogP contribution in [0.15, 0.2) is 36.8 Å². The summed E-state index contributed by atoms with van der Waals surface area (Å²) in [5, 5.41) is 0. The van der Waals surface area contributed by atoms with Crippen LogP contribution in [-0.4, -0.2) is 31.0 Å². The summed E-state index contributed by atoms with van der Waals surface area (Å²) in [6.07, 6.45) is 6.68. The Bertz CT molecular complexity index is 974. The van der Waals surface area contributed by atoms with Crippen LogP contribution in [0.2, 0.25) is 0 Å². The molecule has 6 heteroatoms. The van der Waals surface area contributed by atoms with E-state index in [9.17, 15) is 0 Å². The molecule has 1 aliphatic heterocycles. The number of nitrogens with zero attached hydrogens (tertiary/aromatic N) is 4. The molecule has 3 aromatic rings. The van der Waals surface area contributed by atoms with Crippen molar-refractivity contribution in [3.63, 3.8) is 0 Å². The van der Waals surface area contributed by atoms with Crippen molar-refractivity contribution in [2.24, 2.45) is 0 Å². The highest BCUT2D eigenvalue weighted by Gasteiger charge is 2.19. The molecule has 5 nitrogen and oxygen atoms in total. The monoisotopic (exact) mass is 365 g/mol. The number of aryl methyl sites for hydroxylation is 1. The summed E-state index contributed by atoms with van der Waals surface area (Å²) < 4.78 is 2.96. The van der Waals surface area contributed by atoms with Gasteiger partial charge in [-0.15, -0.1) is 0 Å². The zero-order valence-corrected chi connectivity index (χ0v) is 16.0. The Morgan fingerprint density at radius 3 is 2.92 bits per heavy atom. The van der Waals surface area contributed by atoms with Crippen LogP contribution in [0.4, 0.5) is 0 Å². The summed E-state index contributed by atoms with van der Waals surface area (Å²) in [7, 11) is 0. The molecule has 0 unspecified atom stereocenters. The summed E-state index contributed by atoms with van der Waals surface area (Å²) in [5.74, 6) is 0. The molecule has 0 saturated carbocycles. The molecule has 0 saturated heterocycles. The lowest BCUT2D eigenvalue weighted by atomic mass is 10.1. The smallest absolute Gasteiger partial charge is 0.196 e. The van der Waals surface area contributed by atoms with Crippen molar-refractivity contribution in [3.8, 4) is 0 Å². The predicted molar refractivity (Wildman–Crippen MR) is 104 cm³/mol. The van der Waals surface area contributed by atoms with Crippen LogP contribution >= 0.6 is 12.2 Å². The molecule has 0 spiro atoms. The number of hydrogen-bond acceptors (Lipinski definition) is 4. The lowest BCUT2D eigenvalue weighted by Crippen LogP contribution is -2.31. The van der Waals surface area contributed by atoms with Crippen LogP contribution in [0.1, 0.15) is 33.8 Å². The standard InChI is InChI=1S/C20H23N5S/c1-14-8-17(15(2)25(14)11-16-4-3-6-21-9-16)12-24-7-5-19-18(13-24)10-22-20(26)23-19/h3-4,6,8-10H,5,7,11-13H2,1-2H3,(H,22,23,26). The van der Waals surface area contributed by atoms with Crippen LogP contribution in [-0.2, 0) is 26.1 Å². The predicted octanol–water partition coefficient (Wildman–Crippen LogP) is 3.56. The van der Waals surface area contributed by atoms with Crippen molar-refractivity contribution in [3.05, 3.63) is 75.3 Å². The first-order valence-corrected chi connectivity index (χ1v) is 9.35. The van der Waals surface area contributed by atoms with Crippen molar-refractivity contribution in [1.82, 2.24) is 24.4 Å². The van der Waals surface area contributed by atoms with Gasteiger partial charge in [0.2, 0.25) is 0 Å². The first-order chi connectivity index (χ1) is 12.6. The Kier molecular flexibility index (Phi) is 4.70. The van der Waals surface area contributed by atoms with Gasteiger partial charge in [-0.3, -0.25) is 9.88 Å². The molecule has 0 radical (unpaired) electrons. The molecule has 0 atom stereocenters. The van der Waals surface area contributed by atoms with E-state index in [0.717, 1.165) is 32.6 Å². The van der Waals surface area contributed by atoms with Crippen LogP contribution in [0.25, 0.3) is 0 Å². The number of aromatic amines is 1. The van der Waals surface area contributed by atoms with Gasteiger partial charge in [0.1, 0.15) is 0 Å². The topological polar surface area (TPSA) is 49.7 Å². The van der Waals surface area contributed by atoms with Crippen molar-refractivity contribution in [2.45, 2.75) is 39.9 Å². The molecule has 134 valence electrons. The summed E-state index contributed by atoms with van der Waals surface area (Å²) in [6.45, 7) is 8.18. The maximum atomic E-state index is 5.13. The molecule has 0 bridgehead atoms. The van der Waals surface area contributed by atoms with E-state index in [0.29, 0.717) is 4.77 Å². The highest BCUT2D eigenvalue weighted by atomic mass is 32.1. The minimum absolute atomic E-state index is 0.580. The molecule has 0 fully saturated rings. The number of aromatic nitrogens is 4. The van der Waals surface area contributed by atoms with E-state index < -0.39 is 0 Å². The molecule has 1 aliphatic rings. The molecule has 1 N–H and O–H groups in total. The maximum absolute atomic E-state index is 5.13. The minimum Gasteiger partial charge on any atom is -0.344 e. The van der Waals surface area contributed by atoms with E-state index in [4.69, 9.17) is 12.2 Å².